The van der Waals surface area contributed by atoms with Crippen LogP contribution in [0.5, 0.6) is 0 Å². The molecule has 4 aromatic rings. The second kappa shape index (κ2) is 6.86. The summed E-state index contributed by atoms with van der Waals surface area (Å²) in [5.74, 6) is 0.0119. The quantitative estimate of drug-likeness (QED) is 0.325. The Bertz CT molecular complexity index is 1120. The van der Waals surface area contributed by atoms with Crippen molar-refractivity contribution in [1.82, 2.24) is 4.98 Å². The van der Waals surface area contributed by atoms with Gasteiger partial charge in [0.05, 0.1) is 10.6 Å². The van der Waals surface area contributed by atoms with E-state index in [1.165, 1.54) is 63.6 Å². The summed E-state index contributed by atoms with van der Waals surface area (Å²) in [6.07, 6.45) is 5.65. The van der Waals surface area contributed by atoms with Crippen molar-refractivity contribution in [3.63, 3.8) is 0 Å². The van der Waals surface area contributed by atoms with Gasteiger partial charge in [0.15, 0.2) is 0 Å². The zero-order valence-corrected chi connectivity index (χ0v) is 17.1. The van der Waals surface area contributed by atoms with Crippen LogP contribution < -0.4 is 5.73 Å². The largest absolute Gasteiger partial charge is 0.397 e. The number of anilines is 1. The Morgan fingerprint density at radius 2 is 1.85 bits per heavy atom. The van der Waals surface area contributed by atoms with Gasteiger partial charge in [-0.05, 0) is 54.1 Å². The van der Waals surface area contributed by atoms with Gasteiger partial charge in [0.1, 0.15) is 9.71 Å². The number of nitrogen functional groups attached to an aromatic ring is 1. The van der Waals surface area contributed by atoms with Gasteiger partial charge >= 0.3 is 0 Å². The third kappa shape index (κ3) is 2.83. The lowest BCUT2D eigenvalue weighted by atomic mass is 9.97. The first-order valence-electron chi connectivity index (χ1n) is 9.10. The Balaban J connectivity index is 1.80. The molecule has 1 aliphatic carbocycles. The molecule has 0 fully saturated rings. The van der Waals surface area contributed by atoms with Crippen LogP contribution in [-0.2, 0) is 12.8 Å². The minimum absolute atomic E-state index is 0.0119. The molecule has 0 unspecified atom stereocenters. The summed E-state index contributed by atoms with van der Waals surface area (Å²) in [5.41, 5.74) is 10.9. The molecular formula is C21H18N2OS3. The number of hydrogen-bond donors (Lipinski definition) is 1. The monoisotopic (exact) mass is 410 g/mol. The maximum Gasteiger partial charge on any atom is 0.215 e. The second-order valence-corrected chi connectivity index (χ2v) is 9.68. The van der Waals surface area contributed by atoms with E-state index in [-0.39, 0.29) is 5.78 Å². The zero-order valence-electron chi connectivity index (χ0n) is 14.7. The Kier molecular flexibility index (Phi) is 4.34. The number of pyridine rings is 1. The molecule has 0 amide bonds. The van der Waals surface area contributed by atoms with Crippen molar-refractivity contribution in [2.45, 2.75) is 32.1 Å². The number of rotatable bonds is 3. The number of fused-ring (bicyclic) bond motifs is 2. The van der Waals surface area contributed by atoms with Crippen molar-refractivity contribution in [2.24, 2.45) is 0 Å². The zero-order chi connectivity index (χ0) is 18.4. The smallest absolute Gasteiger partial charge is 0.215 e. The number of carbonyl (C=O) groups is 1. The van der Waals surface area contributed by atoms with Crippen molar-refractivity contribution < 1.29 is 4.79 Å². The summed E-state index contributed by atoms with van der Waals surface area (Å²) in [6, 6.07) is 8.00. The molecule has 2 N–H and O–H groups in total. The number of hydrogen-bond acceptors (Lipinski definition) is 6. The van der Waals surface area contributed by atoms with Crippen LogP contribution in [0.25, 0.3) is 20.7 Å². The van der Waals surface area contributed by atoms with Gasteiger partial charge in [-0.25, -0.2) is 4.98 Å². The summed E-state index contributed by atoms with van der Waals surface area (Å²) in [6.45, 7) is 0. The molecular weight excluding hydrogens is 392 g/mol. The molecule has 4 aromatic heterocycles. The number of nitrogens with zero attached hydrogens (tertiary/aromatic N) is 1. The van der Waals surface area contributed by atoms with Crippen LogP contribution in [0.4, 0.5) is 5.69 Å². The Labute approximate surface area is 169 Å². The third-order valence-corrected chi connectivity index (χ3v) is 7.98. The molecule has 0 aliphatic heterocycles. The van der Waals surface area contributed by atoms with Gasteiger partial charge in [0.25, 0.3) is 0 Å². The first-order valence-corrected chi connectivity index (χ1v) is 11.7. The van der Waals surface area contributed by atoms with Gasteiger partial charge in [-0.3, -0.25) is 4.79 Å². The van der Waals surface area contributed by atoms with Gasteiger partial charge in [0, 0.05) is 21.5 Å². The number of aromatic nitrogens is 1. The lowest BCUT2D eigenvalue weighted by Gasteiger charge is -2.13. The van der Waals surface area contributed by atoms with Crippen LogP contribution in [0.15, 0.2) is 35.0 Å². The highest BCUT2D eigenvalue weighted by atomic mass is 32.1. The lowest BCUT2D eigenvalue weighted by molar-refractivity contribution is 0.104. The first-order chi connectivity index (χ1) is 13.2. The van der Waals surface area contributed by atoms with Gasteiger partial charge in [0.2, 0.25) is 5.78 Å². The maximum absolute atomic E-state index is 13.0. The fourth-order valence-electron chi connectivity index (χ4n) is 3.87. The van der Waals surface area contributed by atoms with E-state index >= 15 is 0 Å². The molecule has 1 aliphatic rings. The summed E-state index contributed by atoms with van der Waals surface area (Å²) >= 11 is 4.64. The Morgan fingerprint density at radius 1 is 1.04 bits per heavy atom. The number of nitrogens with two attached hydrogens (primary N) is 1. The van der Waals surface area contributed by atoms with Crippen LogP contribution in [0, 0.1) is 0 Å². The Morgan fingerprint density at radius 3 is 2.63 bits per heavy atom. The molecule has 0 saturated carbocycles. The van der Waals surface area contributed by atoms with E-state index in [0.29, 0.717) is 10.6 Å². The highest BCUT2D eigenvalue weighted by Gasteiger charge is 2.26. The van der Waals surface area contributed by atoms with E-state index in [1.54, 1.807) is 11.3 Å². The van der Waals surface area contributed by atoms with E-state index in [0.717, 1.165) is 27.9 Å². The lowest BCUT2D eigenvalue weighted by Crippen LogP contribution is -2.01. The van der Waals surface area contributed by atoms with Gasteiger partial charge in [-0.1, -0.05) is 18.6 Å². The van der Waals surface area contributed by atoms with Crippen LogP contribution in [-0.4, -0.2) is 10.8 Å². The van der Waals surface area contributed by atoms with E-state index in [1.807, 2.05) is 17.5 Å². The summed E-state index contributed by atoms with van der Waals surface area (Å²) in [4.78, 5) is 21.4. The van der Waals surface area contributed by atoms with Crippen molar-refractivity contribution in [1.29, 1.82) is 0 Å². The summed E-state index contributed by atoms with van der Waals surface area (Å²) in [5, 5.41) is 5.00. The average Bonchev–Trinajstić information content (AvgIpc) is 3.40. The van der Waals surface area contributed by atoms with E-state index in [9.17, 15) is 4.79 Å². The molecule has 4 heterocycles. The number of aryl methyl sites for hydroxylation is 1. The van der Waals surface area contributed by atoms with Crippen molar-refractivity contribution >= 4 is 55.7 Å². The first kappa shape index (κ1) is 17.1. The molecule has 5 rings (SSSR count). The second-order valence-electron chi connectivity index (χ2n) is 6.78. The van der Waals surface area contributed by atoms with Crippen LogP contribution in [0.2, 0.25) is 0 Å². The minimum atomic E-state index is 0.0119. The van der Waals surface area contributed by atoms with Crippen molar-refractivity contribution in [3.05, 3.63) is 56.0 Å². The molecule has 0 saturated heterocycles. The predicted octanol–water partition coefficient (Wildman–Crippen LogP) is 6.17. The minimum Gasteiger partial charge on any atom is -0.397 e. The fourth-order valence-corrected chi connectivity index (χ4v) is 6.48. The maximum atomic E-state index is 13.0. The normalized spacial score (nSPS) is 14.2. The summed E-state index contributed by atoms with van der Waals surface area (Å²) in [7, 11) is 0. The molecule has 0 radical (unpaired) electrons. The number of ketones is 1. The molecule has 136 valence electrons. The Hall–Kier alpha value is -2.02. The van der Waals surface area contributed by atoms with Gasteiger partial charge in [-0.15, -0.1) is 34.0 Å². The van der Waals surface area contributed by atoms with Crippen LogP contribution >= 0.6 is 34.0 Å². The fraction of sp³-hybridized carbons (Fsp3) is 0.238. The van der Waals surface area contributed by atoms with Crippen molar-refractivity contribution in [3.8, 4) is 10.4 Å². The average molecular weight is 411 g/mol. The molecule has 0 aromatic carbocycles. The van der Waals surface area contributed by atoms with E-state index in [4.69, 9.17) is 10.7 Å². The highest BCUT2D eigenvalue weighted by molar-refractivity contribution is 7.22. The molecule has 0 atom stereocenters. The molecule has 0 spiro atoms. The third-order valence-electron chi connectivity index (χ3n) is 5.12. The molecule has 0 bridgehead atoms. The topological polar surface area (TPSA) is 56.0 Å². The van der Waals surface area contributed by atoms with E-state index in [2.05, 4.69) is 17.5 Å². The van der Waals surface area contributed by atoms with Crippen LogP contribution in [0.1, 0.15) is 45.1 Å². The van der Waals surface area contributed by atoms with Crippen LogP contribution in [0.3, 0.4) is 0 Å². The highest BCUT2D eigenvalue weighted by Crippen LogP contribution is 2.45. The van der Waals surface area contributed by atoms with E-state index < -0.39 is 0 Å². The standard InChI is InChI=1S/C21H18N2OS3/c22-18-17-16(14-8-4-10-25-14)12-6-2-1-3-7-13(12)23-21(17)27-20(18)19(24)15-9-5-11-26-15/h4-5,8-11H,1-3,6-7,22H2. The number of carbonyl (C=O) groups excluding carboxylic acids is 1. The molecule has 6 heteroatoms. The molecule has 27 heavy (non-hydrogen) atoms. The summed E-state index contributed by atoms with van der Waals surface area (Å²) < 4.78 is 0. The van der Waals surface area contributed by atoms with Crippen molar-refractivity contribution in [2.75, 3.05) is 5.73 Å². The van der Waals surface area contributed by atoms with Gasteiger partial charge in [-0.2, -0.15) is 0 Å². The number of thiophene rings is 3. The molecule has 3 nitrogen and oxygen atoms in total. The predicted molar refractivity (Wildman–Crippen MR) is 116 cm³/mol. The van der Waals surface area contributed by atoms with Gasteiger partial charge < -0.3 is 5.73 Å². The SMILES string of the molecule is Nc1c(C(=O)c2cccs2)sc2nc3c(c(-c4cccs4)c12)CCCCC3.